The molecule has 1 heterocycles. The fourth-order valence-corrected chi connectivity index (χ4v) is 5.20. The van der Waals surface area contributed by atoms with Crippen molar-refractivity contribution >= 4 is 19.4 Å². The summed E-state index contributed by atoms with van der Waals surface area (Å²) in [5.41, 5.74) is 2.70. The van der Waals surface area contributed by atoms with Crippen molar-refractivity contribution < 1.29 is 18.3 Å². The summed E-state index contributed by atoms with van der Waals surface area (Å²) in [5, 5.41) is 0. The van der Waals surface area contributed by atoms with Crippen LogP contribution in [0.25, 0.3) is 11.8 Å². The number of hydrogen-bond donors (Lipinski definition) is 0. The van der Waals surface area contributed by atoms with Crippen molar-refractivity contribution in [1.29, 1.82) is 0 Å². The number of hydrogen-bond acceptors (Lipinski definition) is 4. The van der Waals surface area contributed by atoms with Crippen LogP contribution in [0.1, 0.15) is 50.2 Å². The van der Waals surface area contributed by atoms with E-state index in [2.05, 4.69) is 0 Å². The molecule has 1 aliphatic heterocycles. The second-order valence-electron chi connectivity index (χ2n) is 6.82. The Kier molecular flexibility index (Phi) is 5.67. The zero-order chi connectivity index (χ0) is 18.7. The van der Waals surface area contributed by atoms with Gasteiger partial charge in [0, 0.05) is 11.1 Å². The maximum absolute atomic E-state index is 13.7. The third-order valence-electron chi connectivity index (χ3n) is 3.85. The number of rotatable bonds is 6. The standard InChI is InChI=1S/C21H25O4P/c1-15(2)24-26(22,25-16(3)4)21-19-13-9-8-12-18(19)14-20(23-21)17-10-6-5-7-11-17/h5-16,21H,1-4H3. The van der Waals surface area contributed by atoms with E-state index < -0.39 is 13.4 Å². The lowest BCUT2D eigenvalue weighted by Gasteiger charge is -2.33. The predicted octanol–water partition coefficient (Wildman–Crippen LogP) is 6.26. The first-order chi connectivity index (χ1) is 12.4. The van der Waals surface area contributed by atoms with Crippen LogP contribution in [0.2, 0.25) is 0 Å². The molecule has 0 aliphatic carbocycles. The van der Waals surface area contributed by atoms with E-state index in [9.17, 15) is 4.57 Å². The van der Waals surface area contributed by atoms with Gasteiger partial charge in [0.25, 0.3) is 0 Å². The van der Waals surface area contributed by atoms with Crippen LogP contribution < -0.4 is 0 Å². The topological polar surface area (TPSA) is 44.8 Å². The summed E-state index contributed by atoms with van der Waals surface area (Å²) >= 11 is 0. The van der Waals surface area contributed by atoms with Gasteiger partial charge in [0.05, 0.1) is 12.2 Å². The van der Waals surface area contributed by atoms with Crippen molar-refractivity contribution in [1.82, 2.24) is 0 Å². The van der Waals surface area contributed by atoms with E-state index in [1.54, 1.807) is 0 Å². The summed E-state index contributed by atoms with van der Waals surface area (Å²) in [6, 6.07) is 17.5. The van der Waals surface area contributed by atoms with Crippen molar-refractivity contribution in [3.05, 3.63) is 71.3 Å². The molecule has 0 amide bonds. The van der Waals surface area contributed by atoms with Crippen molar-refractivity contribution in [2.75, 3.05) is 0 Å². The average molecular weight is 372 g/mol. The highest BCUT2D eigenvalue weighted by atomic mass is 31.2. The van der Waals surface area contributed by atoms with Crippen LogP contribution in [0.4, 0.5) is 0 Å². The monoisotopic (exact) mass is 372 g/mol. The third-order valence-corrected chi connectivity index (χ3v) is 6.24. The Morgan fingerprint density at radius 1 is 0.885 bits per heavy atom. The van der Waals surface area contributed by atoms with Gasteiger partial charge in [-0.3, -0.25) is 4.57 Å². The molecule has 138 valence electrons. The summed E-state index contributed by atoms with van der Waals surface area (Å²) < 4.78 is 31.6. The molecule has 1 atom stereocenters. The van der Waals surface area contributed by atoms with Crippen molar-refractivity contribution in [3.63, 3.8) is 0 Å². The first kappa shape index (κ1) is 18.9. The maximum atomic E-state index is 13.7. The number of fused-ring (bicyclic) bond motifs is 1. The van der Waals surface area contributed by atoms with Gasteiger partial charge in [-0.2, -0.15) is 0 Å². The summed E-state index contributed by atoms with van der Waals surface area (Å²) in [6.45, 7) is 7.38. The van der Waals surface area contributed by atoms with E-state index in [1.807, 2.05) is 88.4 Å². The molecule has 0 fully saturated rings. The molecule has 26 heavy (non-hydrogen) atoms. The molecule has 5 heteroatoms. The minimum absolute atomic E-state index is 0.249. The predicted molar refractivity (Wildman–Crippen MR) is 105 cm³/mol. The zero-order valence-electron chi connectivity index (χ0n) is 15.6. The van der Waals surface area contributed by atoms with Crippen LogP contribution in [0.5, 0.6) is 0 Å². The van der Waals surface area contributed by atoms with Crippen molar-refractivity contribution in [2.24, 2.45) is 0 Å². The quantitative estimate of drug-likeness (QED) is 0.562. The lowest BCUT2D eigenvalue weighted by Crippen LogP contribution is -2.18. The molecule has 0 bridgehead atoms. The highest BCUT2D eigenvalue weighted by Gasteiger charge is 2.44. The van der Waals surface area contributed by atoms with E-state index in [4.69, 9.17) is 13.8 Å². The summed E-state index contributed by atoms with van der Waals surface area (Å²) in [7, 11) is -3.56. The lowest BCUT2D eigenvalue weighted by molar-refractivity contribution is 0.0994. The van der Waals surface area contributed by atoms with E-state index in [-0.39, 0.29) is 12.2 Å². The Bertz CT molecular complexity index is 813. The molecule has 0 radical (unpaired) electrons. The highest BCUT2D eigenvalue weighted by molar-refractivity contribution is 7.54. The van der Waals surface area contributed by atoms with Gasteiger partial charge in [0.2, 0.25) is 5.85 Å². The molecule has 0 spiro atoms. The molecule has 1 unspecified atom stereocenters. The van der Waals surface area contributed by atoms with Crippen molar-refractivity contribution in [3.8, 4) is 0 Å². The van der Waals surface area contributed by atoms with Gasteiger partial charge < -0.3 is 13.8 Å². The largest absolute Gasteiger partial charge is 0.472 e. The Hall–Kier alpha value is -1.87. The average Bonchev–Trinajstić information content (AvgIpc) is 2.60. The maximum Gasteiger partial charge on any atom is 0.375 e. The van der Waals surface area contributed by atoms with E-state index in [0.717, 1.165) is 16.7 Å². The van der Waals surface area contributed by atoms with Gasteiger partial charge in [-0.25, -0.2) is 0 Å². The Morgan fingerprint density at radius 3 is 2.08 bits per heavy atom. The number of ether oxygens (including phenoxy) is 1. The molecule has 2 aromatic rings. The normalized spacial score (nSPS) is 17.0. The first-order valence-electron chi connectivity index (χ1n) is 8.88. The Balaban J connectivity index is 2.08. The van der Waals surface area contributed by atoms with Gasteiger partial charge in [-0.15, -0.1) is 0 Å². The molecular formula is C21H25O4P. The van der Waals surface area contributed by atoms with E-state index in [0.29, 0.717) is 5.76 Å². The highest BCUT2D eigenvalue weighted by Crippen LogP contribution is 2.65. The SMILES string of the molecule is CC(C)OP(=O)(OC(C)C)C1OC(c2ccccc2)=Cc2ccccc21. The van der Waals surface area contributed by atoms with Crippen LogP contribution in [-0.2, 0) is 18.3 Å². The summed E-state index contributed by atoms with van der Waals surface area (Å²) in [6.07, 6.45) is 1.47. The lowest BCUT2D eigenvalue weighted by atomic mass is 10.0. The molecule has 2 aromatic carbocycles. The second-order valence-corrected chi connectivity index (χ2v) is 8.79. The fourth-order valence-electron chi connectivity index (χ4n) is 2.94. The molecular weight excluding hydrogens is 347 g/mol. The molecule has 4 nitrogen and oxygen atoms in total. The van der Waals surface area contributed by atoms with Gasteiger partial charge in [-0.1, -0.05) is 54.6 Å². The van der Waals surface area contributed by atoms with Crippen LogP contribution in [-0.4, -0.2) is 12.2 Å². The smallest absolute Gasteiger partial charge is 0.375 e. The number of benzene rings is 2. The second kappa shape index (κ2) is 7.79. The summed E-state index contributed by atoms with van der Waals surface area (Å²) in [5.74, 6) is -0.141. The third kappa shape index (κ3) is 4.09. The minimum Gasteiger partial charge on any atom is -0.472 e. The zero-order valence-corrected chi connectivity index (χ0v) is 16.5. The first-order valence-corrected chi connectivity index (χ1v) is 10.5. The van der Waals surface area contributed by atoms with Gasteiger partial charge >= 0.3 is 7.60 Å². The molecule has 0 N–H and O–H groups in total. The van der Waals surface area contributed by atoms with Gasteiger partial charge in [-0.05, 0) is 39.3 Å². The van der Waals surface area contributed by atoms with Gasteiger partial charge in [0.15, 0.2) is 0 Å². The van der Waals surface area contributed by atoms with Gasteiger partial charge in [0.1, 0.15) is 5.76 Å². The fraction of sp³-hybridized carbons (Fsp3) is 0.333. The molecule has 0 saturated carbocycles. The van der Waals surface area contributed by atoms with E-state index >= 15 is 0 Å². The van der Waals surface area contributed by atoms with Crippen LogP contribution >= 0.6 is 7.60 Å². The molecule has 1 aliphatic rings. The minimum atomic E-state index is -3.56. The molecule has 3 rings (SSSR count). The summed E-state index contributed by atoms with van der Waals surface area (Å²) in [4.78, 5) is 0. The Labute approximate surface area is 155 Å². The van der Waals surface area contributed by atoms with Crippen LogP contribution in [0.3, 0.4) is 0 Å². The molecule has 0 saturated heterocycles. The van der Waals surface area contributed by atoms with Crippen LogP contribution in [0.15, 0.2) is 54.6 Å². The van der Waals surface area contributed by atoms with Crippen molar-refractivity contribution in [2.45, 2.75) is 45.7 Å². The van der Waals surface area contributed by atoms with E-state index in [1.165, 1.54) is 0 Å². The molecule has 0 aromatic heterocycles. The Morgan fingerprint density at radius 2 is 1.46 bits per heavy atom. The van der Waals surface area contributed by atoms with Crippen LogP contribution in [0, 0.1) is 0 Å².